The normalized spacial score (nSPS) is 23.8. The number of nitrogens with one attached hydrogen (secondary N) is 1. The van der Waals surface area contributed by atoms with E-state index in [0.29, 0.717) is 13.2 Å². The number of nitrogens with two attached hydrogens (primary N) is 1. The van der Waals surface area contributed by atoms with Gasteiger partial charge in [-0.2, -0.15) is 0 Å². The monoisotopic (exact) mass is 229 g/mol. The van der Waals surface area contributed by atoms with Crippen LogP contribution in [-0.2, 0) is 9.53 Å². The van der Waals surface area contributed by atoms with Gasteiger partial charge in [0, 0.05) is 19.1 Å². The maximum Gasteiger partial charge on any atom is 0.249 e. The fraction of sp³-hybridized carbons (Fsp3) is 0.800. The number of hydrogen-bond acceptors (Lipinski definition) is 4. The number of carbonyl (C=O) groups is 1. The van der Waals surface area contributed by atoms with Gasteiger partial charge in [-0.25, -0.2) is 0 Å². The Kier molecular flexibility index (Phi) is 5.04. The summed E-state index contributed by atoms with van der Waals surface area (Å²) in [6.45, 7) is 2.78. The summed E-state index contributed by atoms with van der Waals surface area (Å²) >= 11 is 0. The van der Waals surface area contributed by atoms with Crippen molar-refractivity contribution in [2.45, 2.75) is 32.3 Å². The molecular weight excluding hydrogens is 210 g/mol. The topological polar surface area (TPSA) is 96.9 Å². The fourth-order valence-corrected chi connectivity index (χ4v) is 1.52. The third-order valence-electron chi connectivity index (χ3n) is 2.67. The lowest BCUT2D eigenvalue weighted by Gasteiger charge is -2.22. The van der Waals surface area contributed by atoms with E-state index in [-0.39, 0.29) is 23.8 Å². The molecule has 0 spiro atoms. The Hall–Kier alpha value is -1.30. The Morgan fingerprint density at radius 2 is 2.44 bits per heavy atom. The first-order chi connectivity index (χ1) is 7.65. The van der Waals surface area contributed by atoms with Crippen LogP contribution in [0.4, 0.5) is 0 Å². The van der Waals surface area contributed by atoms with E-state index >= 15 is 0 Å². The van der Waals surface area contributed by atoms with Gasteiger partial charge in [0.2, 0.25) is 5.91 Å². The lowest BCUT2D eigenvalue weighted by atomic mass is 10.1. The molecule has 0 saturated carbocycles. The maximum atomic E-state index is 11.6. The average molecular weight is 229 g/mol. The predicted molar refractivity (Wildman–Crippen MR) is 59.2 cm³/mol. The molecule has 4 N–H and O–H groups in total. The first-order valence-electron chi connectivity index (χ1n) is 5.52. The van der Waals surface area contributed by atoms with Crippen LogP contribution in [-0.4, -0.2) is 36.2 Å². The first kappa shape index (κ1) is 12.8. The zero-order valence-electron chi connectivity index (χ0n) is 9.48. The molecule has 0 aliphatic carbocycles. The van der Waals surface area contributed by atoms with Crippen molar-refractivity contribution in [2.75, 3.05) is 13.2 Å². The second kappa shape index (κ2) is 6.32. The van der Waals surface area contributed by atoms with Crippen LogP contribution in [0.3, 0.4) is 0 Å². The van der Waals surface area contributed by atoms with Gasteiger partial charge in [0.1, 0.15) is 11.9 Å². The molecule has 0 aromatic carbocycles. The molecule has 1 rings (SSSR count). The summed E-state index contributed by atoms with van der Waals surface area (Å²) in [4.78, 5) is 11.6. The van der Waals surface area contributed by atoms with Crippen LogP contribution < -0.4 is 11.1 Å². The summed E-state index contributed by atoms with van der Waals surface area (Å²) < 4.78 is 5.34. The van der Waals surface area contributed by atoms with Gasteiger partial charge >= 0.3 is 0 Å². The van der Waals surface area contributed by atoms with E-state index in [1.807, 2.05) is 0 Å². The molecule has 0 aromatic rings. The van der Waals surface area contributed by atoms with E-state index in [1.165, 1.54) is 0 Å². The van der Waals surface area contributed by atoms with E-state index < -0.39 is 0 Å². The molecule has 1 saturated heterocycles. The highest BCUT2D eigenvalue weighted by molar-refractivity contribution is 5.84. The number of amides is 1. The van der Waals surface area contributed by atoms with Crippen molar-refractivity contribution in [1.82, 2.24) is 5.32 Å². The Balaban J connectivity index is 2.28. The van der Waals surface area contributed by atoms with Crippen molar-refractivity contribution < 1.29 is 14.7 Å². The second-order valence-electron chi connectivity index (χ2n) is 4.03. The van der Waals surface area contributed by atoms with E-state index in [9.17, 15) is 4.79 Å². The van der Waals surface area contributed by atoms with Crippen LogP contribution in [0.25, 0.3) is 0 Å². The summed E-state index contributed by atoms with van der Waals surface area (Å²) in [7, 11) is 0. The van der Waals surface area contributed by atoms with Gasteiger partial charge in [0.25, 0.3) is 0 Å². The van der Waals surface area contributed by atoms with E-state index in [4.69, 9.17) is 15.7 Å². The molecule has 1 heterocycles. The van der Waals surface area contributed by atoms with Gasteiger partial charge in [0.15, 0.2) is 0 Å². The summed E-state index contributed by atoms with van der Waals surface area (Å²) in [5.74, 6) is -0.181. The molecule has 1 amide bonds. The van der Waals surface area contributed by atoms with E-state index in [2.05, 4.69) is 10.5 Å². The van der Waals surface area contributed by atoms with Crippen LogP contribution in [0.5, 0.6) is 0 Å². The highest BCUT2D eigenvalue weighted by atomic mass is 16.5. The molecule has 1 fully saturated rings. The molecule has 0 radical (unpaired) electrons. The summed E-state index contributed by atoms with van der Waals surface area (Å²) in [5, 5.41) is 14.1. The third kappa shape index (κ3) is 3.69. The molecule has 6 nitrogen and oxygen atoms in total. The van der Waals surface area contributed by atoms with Crippen molar-refractivity contribution >= 4 is 11.7 Å². The van der Waals surface area contributed by atoms with E-state index in [1.54, 1.807) is 6.92 Å². The number of nitrogens with zero attached hydrogens (tertiary/aromatic N) is 1. The molecule has 1 aliphatic heterocycles. The van der Waals surface area contributed by atoms with Gasteiger partial charge in [-0.15, -0.1) is 0 Å². The van der Waals surface area contributed by atoms with Gasteiger partial charge < -0.3 is 21.0 Å². The summed E-state index contributed by atoms with van der Waals surface area (Å²) in [6.07, 6.45) is 2.47. The second-order valence-corrected chi connectivity index (χ2v) is 4.03. The minimum atomic E-state index is -0.340. The zero-order chi connectivity index (χ0) is 12.0. The average Bonchev–Trinajstić information content (AvgIpc) is 2.35. The largest absolute Gasteiger partial charge is 0.409 e. The minimum Gasteiger partial charge on any atom is -0.409 e. The highest BCUT2D eigenvalue weighted by Gasteiger charge is 2.22. The maximum absolute atomic E-state index is 11.6. The number of rotatable bonds is 4. The Morgan fingerprint density at radius 3 is 3.00 bits per heavy atom. The molecule has 0 bridgehead atoms. The molecule has 2 unspecified atom stereocenters. The Bertz CT molecular complexity index is 262. The summed E-state index contributed by atoms with van der Waals surface area (Å²) in [5.41, 5.74) is 5.40. The van der Waals surface area contributed by atoms with Crippen LogP contribution in [0.1, 0.15) is 26.2 Å². The molecule has 1 aliphatic rings. The van der Waals surface area contributed by atoms with Crippen LogP contribution >= 0.6 is 0 Å². The van der Waals surface area contributed by atoms with Crippen molar-refractivity contribution in [3.05, 3.63) is 0 Å². The van der Waals surface area contributed by atoms with Crippen molar-refractivity contribution in [3.8, 4) is 0 Å². The van der Waals surface area contributed by atoms with Crippen molar-refractivity contribution in [1.29, 1.82) is 0 Å². The SMILES string of the molecule is CC(CNC(=O)C1CCCCO1)C(N)=NO. The first-order valence-corrected chi connectivity index (χ1v) is 5.52. The molecule has 2 atom stereocenters. The minimum absolute atomic E-state index is 0.114. The summed E-state index contributed by atoms with van der Waals surface area (Å²) in [6, 6.07) is 0. The standard InChI is InChI=1S/C10H19N3O3/c1-7(9(11)13-15)6-12-10(14)8-4-2-3-5-16-8/h7-8,15H,2-6H2,1H3,(H2,11,13)(H,12,14). The number of oxime groups is 1. The van der Waals surface area contributed by atoms with Gasteiger partial charge in [0.05, 0.1) is 0 Å². The fourth-order valence-electron chi connectivity index (χ4n) is 1.52. The van der Waals surface area contributed by atoms with E-state index in [0.717, 1.165) is 19.3 Å². The molecular formula is C10H19N3O3. The van der Waals surface area contributed by atoms with Gasteiger partial charge in [-0.05, 0) is 19.3 Å². The van der Waals surface area contributed by atoms with Crippen molar-refractivity contribution in [2.24, 2.45) is 16.8 Å². The number of carbonyl (C=O) groups excluding carboxylic acids is 1. The lowest BCUT2D eigenvalue weighted by molar-refractivity contribution is -0.135. The van der Waals surface area contributed by atoms with Gasteiger partial charge in [-0.3, -0.25) is 4.79 Å². The van der Waals surface area contributed by atoms with Gasteiger partial charge in [-0.1, -0.05) is 12.1 Å². The predicted octanol–water partition coefficient (Wildman–Crippen LogP) is 0.0542. The van der Waals surface area contributed by atoms with Crippen molar-refractivity contribution in [3.63, 3.8) is 0 Å². The number of amidine groups is 1. The van der Waals surface area contributed by atoms with Crippen LogP contribution in [0.2, 0.25) is 0 Å². The highest BCUT2D eigenvalue weighted by Crippen LogP contribution is 2.12. The number of hydrogen-bond donors (Lipinski definition) is 3. The zero-order valence-corrected chi connectivity index (χ0v) is 9.48. The quantitative estimate of drug-likeness (QED) is 0.275. The third-order valence-corrected chi connectivity index (χ3v) is 2.67. The molecule has 6 heteroatoms. The Morgan fingerprint density at radius 1 is 1.69 bits per heavy atom. The molecule has 0 aromatic heterocycles. The lowest BCUT2D eigenvalue weighted by Crippen LogP contribution is -2.42. The van der Waals surface area contributed by atoms with Crippen LogP contribution in [0, 0.1) is 5.92 Å². The van der Waals surface area contributed by atoms with Crippen LogP contribution in [0.15, 0.2) is 5.16 Å². The Labute approximate surface area is 94.8 Å². The smallest absolute Gasteiger partial charge is 0.249 e. The molecule has 92 valence electrons. The molecule has 16 heavy (non-hydrogen) atoms. The number of ether oxygens (including phenoxy) is 1.